The van der Waals surface area contributed by atoms with Crippen LogP contribution < -0.4 is 14.8 Å². The molecule has 1 N–H and O–H groups in total. The van der Waals surface area contributed by atoms with E-state index in [1.165, 1.54) is 5.56 Å². The lowest BCUT2D eigenvalue weighted by Gasteiger charge is -2.29. The number of hydrogen-bond acceptors (Lipinski definition) is 4. The third kappa shape index (κ3) is 3.64. The first-order valence-corrected chi connectivity index (χ1v) is 7.12. The Bertz CT molecular complexity index is 459. The van der Waals surface area contributed by atoms with Crippen LogP contribution in [0.15, 0.2) is 18.2 Å². The van der Waals surface area contributed by atoms with Gasteiger partial charge in [-0.3, -0.25) is 0 Å². The van der Waals surface area contributed by atoms with Crippen molar-refractivity contribution in [2.24, 2.45) is 0 Å². The molecule has 1 aromatic rings. The van der Waals surface area contributed by atoms with E-state index in [1.54, 1.807) is 7.11 Å². The number of methoxy groups -OCH3 is 1. The molecule has 4 heteroatoms. The van der Waals surface area contributed by atoms with Crippen molar-refractivity contribution in [3.05, 3.63) is 23.8 Å². The summed E-state index contributed by atoms with van der Waals surface area (Å²) in [6.07, 6.45) is 0.957. The average Bonchev–Trinajstić information content (AvgIpc) is 2.84. The molecule has 1 aliphatic rings. The fourth-order valence-electron chi connectivity index (χ4n) is 2.59. The summed E-state index contributed by atoms with van der Waals surface area (Å²) in [7, 11) is 1.76. The van der Waals surface area contributed by atoms with E-state index in [1.807, 2.05) is 12.1 Å². The van der Waals surface area contributed by atoms with E-state index in [0.717, 1.165) is 17.9 Å². The maximum atomic E-state index is 5.48. The van der Waals surface area contributed by atoms with Gasteiger partial charge in [-0.05, 0) is 51.8 Å². The van der Waals surface area contributed by atoms with E-state index >= 15 is 0 Å². The molecule has 0 aromatic heterocycles. The van der Waals surface area contributed by atoms with Crippen molar-refractivity contribution in [1.29, 1.82) is 0 Å². The van der Waals surface area contributed by atoms with Gasteiger partial charge in [-0.25, -0.2) is 0 Å². The summed E-state index contributed by atoms with van der Waals surface area (Å²) in [4.78, 5) is 0. The Morgan fingerprint density at radius 3 is 2.65 bits per heavy atom. The van der Waals surface area contributed by atoms with Gasteiger partial charge in [0.2, 0.25) is 6.79 Å². The van der Waals surface area contributed by atoms with Crippen LogP contribution in [0.4, 0.5) is 0 Å². The molecule has 0 saturated heterocycles. The van der Waals surface area contributed by atoms with Crippen molar-refractivity contribution in [2.45, 2.75) is 51.8 Å². The van der Waals surface area contributed by atoms with Gasteiger partial charge in [-0.1, -0.05) is 6.07 Å². The Morgan fingerprint density at radius 1 is 1.25 bits per heavy atom. The predicted octanol–water partition coefficient (Wildman–Crippen LogP) is 3.27. The fourth-order valence-corrected chi connectivity index (χ4v) is 2.59. The zero-order valence-corrected chi connectivity index (χ0v) is 13.0. The minimum Gasteiger partial charge on any atom is -0.454 e. The third-order valence-corrected chi connectivity index (χ3v) is 3.78. The Morgan fingerprint density at radius 2 is 1.95 bits per heavy atom. The number of benzene rings is 1. The lowest BCUT2D eigenvalue weighted by Crippen LogP contribution is -2.36. The quantitative estimate of drug-likeness (QED) is 0.867. The number of ether oxygens (including phenoxy) is 3. The first-order chi connectivity index (χ1) is 9.41. The minimum atomic E-state index is -0.110. The molecule has 0 bridgehead atoms. The zero-order valence-electron chi connectivity index (χ0n) is 13.0. The summed E-state index contributed by atoms with van der Waals surface area (Å²) in [6, 6.07) is 6.73. The summed E-state index contributed by atoms with van der Waals surface area (Å²) in [5, 5.41) is 3.60. The Labute approximate surface area is 121 Å². The van der Waals surface area contributed by atoms with Crippen LogP contribution in [0.5, 0.6) is 11.5 Å². The molecule has 2 rings (SSSR count). The predicted molar refractivity (Wildman–Crippen MR) is 79.3 cm³/mol. The standard InChI is InChI=1S/C16H25NO3/c1-11(9-16(3,4)18-5)17-12(2)13-6-7-14-15(8-13)20-10-19-14/h6-8,11-12,17H,9-10H2,1-5H3. The van der Waals surface area contributed by atoms with Crippen molar-refractivity contribution in [2.75, 3.05) is 13.9 Å². The van der Waals surface area contributed by atoms with Gasteiger partial charge in [0.05, 0.1) is 5.60 Å². The maximum Gasteiger partial charge on any atom is 0.231 e. The van der Waals surface area contributed by atoms with E-state index < -0.39 is 0 Å². The first-order valence-electron chi connectivity index (χ1n) is 7.12. The van der Waals surface area contributed by atoms with E-state index in [-0.39, 0.29) is 11.6 Å². The molecule has 0 amide bonds. The lowest BCUT2D eigenvalue weighted by molar-refractivity contribution is 0.00782. The molecule has 0 radical (unpaired) electrons. The van der Waals surface area contributed by atoms with Crippen LogP contribution in [0.25, 0.3) is 0 Å². The molecule has 0 fully saturated rings. The van der Waals surface area contributed by atoms with E-state index in [9.17, 15) is 0 Å². The first kappa shape index (κ1) is 15.1. The molecular formula is C16H25NO3. The second-order valence-corrected chi connectivity index (χ2v) is 6.07. The molecule has 20 heavy (non-hydrogen) atoms. The maximum absolute atomic E-state index is 5.48. The molecule has 0 saturated carbocycles. The molecular weight excluding hydrogens is 254 g/mol. The highest BCUT2D eigenvalue weighted by atomic mass is 16.7. The van der Waals surface area contributed by atoms with Crippen molar-refractivity contribution >= 4 is 0 Å². The SMILES string of the molecule is COC(C)(C)CC(C)NC(C)c1ccc2c(c1)OCO2. The highest BCUT2D eigenvalue weighted by Crippen LogP contribution is 2.34. The second-order valence-electron chi connectivity index (χ2n) is 6.07. The van der Waals surface area contributed by atoms with Crippen molar-refractivity contribution < 1.29 is 14.2 Å². The van der Waals surface area contributed by atoms with Crippen LogP contribution in [0.2, 0.25) is 0 Å². The molecule has 4 nitrogen and oxygen atoms in total. The van der Waals surface area contributed by atoms with Gasteiger partial charge in [-0.2, -0.15) is 0 Å². The van der Waals surface area contributed by atoms with Crippen molar-refractivity contribution in [1.82, 2.24) is 5.32 Å². The fraction of sp³-hybridized carbons (Fsp3) is 0.625. The summed E-state index contributed by atoms with van der Waals surface area (Å²) in [6.45, 7) is 8.88. The molecule has 1 aromatic carbocycles. The monoisotopic (exact) mass is 279 g/mol. The number of fused-ring (bicyclic) bond motifs is 1. The second kappa shape index (κ2) is 6.02. The number of nitrogens with one attached hydrogen (secondary N) is 1. The van der Waals surface area contributed by atoms with Crippen molar-refractivity contribution in [3.8, 4) is 11.5 Å². The van der Waals surface area contributed by atoms with E-state index in [4.69, 9.17) is 14.2 Å². The van der Waals surface area contributed by atoms with E-state index in [0.29, 0.717) is 12.8 Å². The number of hydrogen-bond donors (Lipinski definition) is 1. The van der Waals surface area contributed by atoms with Crippen LogP contribution in [0.3, 0.4) is 0 Å². The highest BCUT2D eigenvalue weighted by molar-refractivity contribution is 5.45. The topological polar surface area (TPSA) is 39.7 Å². The Kier molecular flexibility index (Phi) is 4.55. The normalized spacial score (nSPS) is 17.1. The number of rotatable bonds is 6. The molecule has 2 unspecified atom stereocenters. The Hall–Kier alpha value is -1.26. The van der Waals surface area contributed by atoms with Crippen LogP contribution in [0.1, 0.15) is 45.7 Å². The summed E-state index contributed by atoms with van der Waals surface area (Å²) < 4.78 is 16.2. The summed E-state index contributed by atoms with van der Waals surface area (Å²) >= 11 is 0. The van der Waals surface area contributed by atoms with Crippen molar-refractivity contribution in [3.63, 3.8) is 0 Å². The van der Waals surface area contributed by atoms with Crippen LogP contribution in [-0.2, 0) is 4.74 Å². The molecule has 1 heterocycles. The van der Waals surface area contributed by atoms with Crippen LogP contribution >= 0.6 is 0 Å². The minimum absolute atomic E-state index is 0.110. The third-order valence-electron chi connectivity index (χ3n) is 3.78. The summed E-state index contributed by atoms with van der Waals surface area (Å²) in [5.41, 5.74) is 1.09. The Balaban J connectivity index is 1.96. The van der Waals surface area contributed by atoms with Gasteiger partial charge in [0.1, 0.15) is 0 Å². The molecule has 1 aliphatic heterocycles. The van der Waals surface area contributed by atoms with Gasteiger partial charge >= 0.3 is 0 Å². The molecule has 0 spiro atoms. The molecule has 0 aliphatic carbocycles. The smallest absolute Gasteiger partial charge is 0.231 e. The van der Waals surface area contributed by atoms with Gasteiger partial charge < -0.3 is 19.5 Å². The van der Waals surface area contributed by atoms with Crippen LogP contribution in [0, 0.1) is 0 Å². The summed E-state index contributed by atoms with van der Waals surface area (Å²) in [5.74, 6) is 1.66. The highest BCUT2D eigenvalue weighted by Gasteiger charge is 2.22. The molecule has 2 atom stereocenters. The zero-order chi connectivity index (χ0) is 14.8. The van der Waals surface area contributed by atoms with Gasteiger partial charge in [0.25, 0.3) is 0 Å². The lowest BCUT2D eigenvalue weighted by atomic mass is 9.98. The van der Waals surface area contributed by atoms with Gasteiger partial charge in [-0.15, -0.1) is 0 Å². The van der Waals surface area contributed by atoms with E-state index in [2.05, 4.69) is 39.1 Å². The van der Waals surface area contributed by atoms with Gasteiger partial charge in [0, 0.05) is 19.2 Å². The molecule has 112 valence electrons. The average molecular weight is 279 g/mol. The van der Waals surface area contributed by atoms with Gasteiger partial charge in [0.15, 0.2) is 11.5 Å². The largest absolute Gasteiger partial charge is 0.454 e. The van der Waals surface area contributed by atoms with Crippen LogP contribution in [-0.4, -0.2) is 25.5 Å².